The first-order chi connectivity index (χ1) is 9.05. The molecule has 102 valence electrons. The van der Waals surface area contributed by atoms with Crippen LogP contribution in [0, 0.1) is 0 Å². The van der Waals surface area contributed by atoms with E-state index in [-0.39, 0.29) is 5.03 Å². The van der Waals surface area contributed by atoms with Crippen LogP contribution < -0.4 is 4.72 Å². The number of nitrogens with zero attached hydrogens (tertiary/aromatic N) is 2. The Morgan fingerprint density at radius 3 is 2.53 bits per heavy atom. The Hall–Kier alpha value is -1.53. The largest absolute Gasteiger partial charge is 0.336 e. The van der Waals surface area contributed by atoms with Crippen molar-refractivity contribution in [2.75, 3.05) is 4.72 Å². The van der Waals surface area contributed by atoms with Crippen molar-refractivity contribution in [1.82, 2.24) is 9.55 Å². The number of aryl methyl sites for hydroxylation is 1. The summed E-state index contributed by atoms with van der Waals surface area (Å²) in [6.07, 6.45) is 2.99. The number of halogens is 1. The standard InChI is InChI=1S/C12H14ClN3O2S/c1-2-16-8-12(14-9-16)19(17,18)15-11-5-3-10(7-13)4-6-11/h3-6,8-9,15H,2,7H2,1H3. The number of benzene rings is 1. The zero-order valence-electron chi connectivity index (χ0n) is 10.4. The summed E-state index contributed by atoms with van der Waals surface area (Å²) in [5.74, 6) is 0.397. The average Bonchev–Trinajstić information content (AvgIpc) is 2.89. The van der Waals surface area contributed by atoms with Crippen LogP contribution in [0.15, 0.2) is 41.8 Å². The Morgan fingerprint density at radius 2 is 2.00 bits per heavy atom. The number of sulfonamides is 1. The zero-order chi connectivity index (χ0) is 13.9. The van der Waals surface area contributed by atoms with Crippen LogP contribution in [0.1, 0.15) is 12.5 Å². The molecule has 0 aliphatic rings. The summed E-state index contributed by atoms with van der Waals surface area (Å²) in [6.45, 7) is 2.59. The molecular formula is C12H14ClN3O2S. The summed E-state index contributed by atoms with van der Waals surface area (Å²) in [5, 5.41) is 0.00997. The molecule has 19 heavy (non-hydrogen) atoms. The van der Waals surface area contributed by atoms with Gasteiger partial charge in [0.25, 0.3) is 10.0 Å². The van der Waals surface area contributed by atoms with Crippen LogP contribution in [0.4, 0.5) is 5.69 Å². The van der Waals surface area contributed by atoms with Gasteiger partial charge in [0.2, 0.25) is 0 Å². The maximum Gasteiger partial charge on any atom is 0.280 e. The van der Waals surface area contributed by atoms with Crippen molar-refractivity contribution >= 4 is 27.3 Å². The van der Waals surface area contributed by atoms with E-state index < -0.39 is 10.0 Å². The molecular weight excluding hydrogens is 286 g/mol. The Kier molecular flexibility index (Phi) is 4.11. The average molecular weight is 300 g/mol. The van der Waals surface area contributed by atoms with Gasteiger partial charge in [-0.05, 0) is 24.6 Å². The molecule has 2 rings (SSSR count). The number of anilines is 1. The van der Waals surface area contributed by atoms with Gasteiger partial charge in [-0.2, -0.15) is 8.42 Å². The van der Waals surface area contributed by atoms with E-state index >= 15 is 0 Å². The van der Waals surface area contributed by atoms with Crippen molar-refractivity contribution in [3.8, 4) is 0 Å². The second kappa shape index (κ2) is 5.63. The van der Waals surface area contributed by atoms with Crippen LogP contribution >= 0.6 is 11.6 Å². The first-order valence-corrected chi connectivity index (χ1v) is 7.76. The molecule has 2 aromatic rings. The predicted octanol–water partition coefficient (Wildman–Crippen LogP) is 2.44. The maximum absolute atomic E-state index is 12.1. The van der Waals surface area contributed by atoms with Crippen molar-refractivity contribution < 1.29 is 8.42 Å². The van der Waals surface area contributed by atoms with Gasteiger partial charge in [-0.15, -0.1) is 11.6 Å². The summed E-state index contributed by atoms with van der Waals surface area (Å²) in [5.41, 5.74) is 1.42. The van der Waals surface area contributed by atoms with E-state index in [1.54, 1.807) is 28.8 Å². The van der Waals surface area contributed by atoms with Gasteiger partial charge in [-0.3, -0.25) is 4.72 Å². The number of nitrogens with one attached hydrogen (secondary N) is 1. The van der Waals surface area contributed by atoms with Crippen molar-refractivity contribution in [2.24, 2.45) is 0 Å². The summed E-state index contributed by atoms with van der Waals surface area (Å²) < 4.78 is 28.3. The molecule has 7 heteroatoms. The third kappa shape index (κ3) is 3.27. The summed E-state index contributed by atoms with van der Waals surface area (Å²) in [4.78, 5) is 3.88. The minimum Gasteiger partial charge on any atom is -0.336 e. The van der Waals surface area contributed by atoms with E-state index in [1.165, 1.54) is 12.5 Å². The summed E-state index contributed by atoms with van der Waals surface area (Å²) in [7, 11) is -3.64. The van der Waals surface area contributed by atoms with Gasteiger partial charge in [-0.1, -0.05) is 12.1 Å². The molecule has 0 bridgehead atoms. The van der Waals surface area contributed by atoms with E-state index in [0.29, 0.717) is 18.1 Å². The molecule has 0 saturated carbocycles. The Morgan fingerprint density at radius 1 is 1.32 bits per heavy atom. The fourth-order valence-electron chi connectivity index (χ4n) is 1.52. The van der Waals surface area contributed by atoms with E-state index in [0.717, 1.165) is 5.56 Å². The molecule has 0 spiro atoms. The fourth-order valence-corrected chi connectivity index (χ4v) is 2.71. The highest BCUT2D eigenvalue weighted by atomic mass is 35.5. The molecule has 1 N–H and O–H groups in total. The number of alkyl halides is 1. The van der Waals surface area contributed by atoms with Crippen LogP contribution in [-0.2, 0) is 22.4 Å². The number of imidazole rings is 1. The first kappa shape index (κ1) is 13.9. The molecule has 0 fully saturated rings. The SMILES string of the molecule is CCn1cnc(S(=O)(=O)Nc2ccc(CCl)cc2)c1. The van der Waals surface area contributed by atoms with E-state index in [4.69, 9.17) is 11.6 Å². The van der Waals surface area contributed by atoms with Gasteiger partial charge in [0.1, 0.15) is 0 Å². The highest BCUT2D eigenvalue weighted by molar-refractivity contribution is 7.92. The molecule has 0 amide bonds. The minimum atomic E-state index is -3.64. The molecule has 1 heterocycles. The van der Waals surface area contributed by atoms with E-state index in [9.17, 15) is 8.42 Å². The molecule has 0 saturated heterocycles. The highest BCUT2D eigenvalue weighted by Crippen LogP contribution is 2.16. The molecule has 0 radical (unpaired) electrons. The lowest BCUT2D eigenvalue weighted by Crippen LogP contribution is -2.13. The fraction of sp³-hybridized carbons (Fsp3) is 0.250. The van der Waals surface area contributed by atoms with Crippen LogP contribution in [0.2, 0.25) is 0 Å². The molecule has 0 atom stereocenters. The van der Waals surface area contributed by atoms with Crippen LogP contribution in [0.3, 0.4) is 0 Å². The molecule has 0 unspecified atom stereocenters. The second-order valence-corrected chi connectivity index (χ2v) is 5.87. The minimum absolute atomic E-state index is 0.00997. The Bertz CT molecular complexity index is 650. The van der Waals surface area contributed by atoms with E-state index in [1.807, 2.05) is 6.92 Å². The number of aromatic nitrogens is 2. The van der Waals surface area contributed by atoms with Crippen molar-refractivity contribution in [1.29, 1.82) is 0 Å². The summed E-state index contributed by atoms with van der Waals surface area (Å²) >= 11 is 5.68. The van der Waals surface area contributed by atoms with Gasteiger partial charge in [0, 0.05) is 24.3 Å². The monoisotopic (exact) mass is 299 g/mol. The lowest BCUT2D eigenvalue weighted by atomic mass is 10.2. The van der Waals surface area contributed by atoms with Gasteiger partial charge in [-0.25, -0.2) is 4.98 Å². The normalized spacial score (nSPS) is 11.5. The second-order valence-electron chi connectivity index (χ2n) is 3.98. The number of hydrogen-bond acceptors (Lipinski definition) is 3. The predicted molar refractivity (Wildman–Crippen MR) is 74.7 cm³/mol. The number of rotatable bonds is 5. The zero-order valence-corrected chi connectivity index (χ0v) is 11.9. The maximum atomic E-state index is 12.1. The topological polar surface area (TPSA) is 64.0 Å². The number of hydrogen-bond donors (Lipinski definition) is 1. The smallest absolute Gasteiger partial charge is 0.280 e. The lowest BCUT2D eigenvalue weighted by Gasteiger charge is -2.06. The van der Waals surface area contributed by atoms with Crippen LogP contribution in [0.25, 0.3) is 0 Å². The Balaban J connectivity index is 2.20. The van der Waals surface area contributed by atoms with Crippen LogP contribution in [0.5, 0.6) is 0 Å². The molecule has 0 aliphatic heterocycles. The molecule has 5 nitrogen and oxygen atoms in total. The molecule has 0 aliphatic carbocycles. The lowest BCUT2D eigenvalue weighted by molar-refractivity contribution is 0.598. The third-order valence-corrected chi connectivity index (χ3v) is 4.19. The van der Waals surface area contributed by atoms with E-state index in [2.05, 4.69) is 9.71 Å². The van der Waals surface area contributed by atoms with Gasteiger partial charge < -0.3 is 4.57 Å². The van der Waals surface area contributed by atoms with Crippen LogP contribution in [-0.4, -0.2) is 18.0 Å². The Labute approximate surface area is 117 Å². The van der Waals surface area contributed by atoms with Crippen molar-refractivity contribution in [2.45, 2.75) is 24.4 Å². The first-order valence-electron chi connectivity index (χ1n) is 5.74. The summed E-state index contributed by atoms with van der Waals surface area (Å²) in [6, 6.07) is 6.89. The van der Waals surface area contributed by atoms with Crippen molar-refractivity contribution in [3.05, 3.63) is 42.4 Å². The van der Waals surface area contributed by atoms with Gasteiger partial charge in [0.05, 0.1) is 6.33 Å². The quantitative estimate of drug-likeness (QED) is 0.863. The third-order valence-electron chi connectivity index (χ3n) is 2.61. The van der Waals surface area contributed by atoms with Crippen molar-refractivity contribution in [3.63, 3.8) is 0 Å². The molecule has 1 aromatic heterocycles. The highest BCUT2D eigenvalue weighted by Gasteiger charge is 2.17. The van der Waals surface area contributed by atoms with Gasteiger partial charge >= 0.3 is 0 Å². The van der Waals surface area contributed by atoms with Gasteiger partial charge in [0.15, 0.2) is 5.03 Å². The molecule has 1 aromatic carbocycles.